The number of anilines is 1. The summed E-state index contributed by atoms with van der Waals surface area (Å²) >= 11 is 0. The van der Waals surface area contributed by atoms with Crippen molar-refractivity contribution >= 4 is 22.6 Å². The van der Waals surface area contributed by atoms with Crippen LogP contribution in [-0.4, -0.2) is 54.7 Å². The van der Waals surface area contributed by atoms with Crippen LogP contribution in [-0.2, 0) is 9.53 Å². The van der Waals surface area contributed by atoms with E-state index in [4.69, 9.17) is 9.47 Å². The molecule has 4 aliphatic heterocycles. The second-order valence-electron chi connectivity index (χ2n) is 9.89. The number of methoxy groups -OCH3 is 1. The molecule has 0 amide bonds. The number of hydrogen-bond acceptors (Lipinski definition) is 6. The van der Waals surface area contributed by atoms with Crippen molar-refractivity contribution < 1.29 is 14.3 Å². The molecule has 1 aromatic heterocycles. The predicted octanol–water partition coefficient (Wildman–Crippen LogP) is 4.61. The lowest BCUT2D eigenvalue weighted by atomic mass is 9.73. The van der Waals surface area contributed by atoms with Gasteiger partial charge in [-0.25, -0.2) is 4.79 Å². The summed E-state index contributed by atoms with van der Waals surface area (Å²) in [5, 5.41) is 0.975. The van der Waals surface area contributed by atoms with Gasteiger partial charge in [-0.1, -0.05) is 24.3 Å². The van der Waals surface area contributed by atoms with E-state index in [1.807, 2.05) is 60.8 Å². The maximum absolute atomic E-state index is 13.5. The lowest BCUT2D eigenvalue weighted by Crippen LogP contribution is -2.55. The summed E-state index contributed by atoms with van der Waals surface area (Å²) < 4.78 is 11.9. The van der Waals surface area contributed by atoms with E-state index in [-0.39, 0.29) is 24.2 Å². The zero-order chi connectivity index (χ0) is 23.9. The Bertz CT molecular complexity index is 1250. The highest BCUT2D eigenvalue weighted by Crippen LogP contribution is 2.44. The first-order valence-corrected chi connectivity index (χ1v) is 12.5. The molecule has 0 spiro atoms. The summed E-state index contributed by atoms with van der Waals surface area (Å²) in [4.78, 5) is 22.6. The van der Waals surface area contributed by atoms with Crippen LogP contribution in [0.4, 0.5) is 5.69 Å². The molecule has 7 rings (SSSR count). The zero-order valence-corrected chi connectivity index (χ0v) is 20.0. The highest BCUT2D eigenvalue weighted by atomic mass is 16.5. The lowest BCUT2D eigenvalue weighted by Gasteiger charge is -2.51. The monoisotopic (exact) mass is 469 g/mol. The minimum absolute atomic E-state index is 0.134. The van der Waals surface area contributed by atoms with Gasteiger partial charge < -0.3 is 14.4 Å². The van der Waals surface area contributed by atoms with Gasteiger partial charge in [-0.05, 0) is 67.6 Å². The number of esters is 1. The molecule has 2 unspecified atom stereocenters. The van der Waals surface area contributed by atoms with Gasteiger partial charge in [0.1, 0.15) is 17.9 Å². The summed E-state index contributed by atoms with van der Waals surface area (Å²) in [6.07, 6.45) is 5.72. The van der Waals surface area contributed by atoms with E-state index in [0.717, 1.165) is 47.4 Å². The van der Waals surface area contributed by atoms with Crippen molar-refractivity contribution in [2.45, 2.75) is 31.0 Å². The van der Waals surface area contributed by atoms with Gasteiger partial charge in [-0.15, -0.1) is 6.58 Å². The third-order valence-corrected chi connectivity index (χ3v) is 8.01. The average molecular weight is 470 g/mol. The average Bonchev–Trinajstić information content (AvgIpc) is 3.73. The third kappa shape index (κ3) is 4.06. The molecule has 0 N–H and O–H groups in total. The molecule has 0 aliphatic carbocycles. The van der Waals surface area contributed by atoms with Crippen LogP contribution in [0, 0.1) is 11.8 Å². The summed E-state index contributed by atoms with van der Waals surface area (Å²) in [7, 11) is 1.67. The molecule has 0 radical (unpaired) electrons. The molecule has 6 nitrogen and oxygen atoms in total. The van der Waals surface area contributed by atoms with Gasteiger partial charge in [-0.3, -0.25) is 9.88 Å². The summed E-state index contributed by atoms with van der Waals surface area (Å²) in [5.74, 6) is 1.69. The van der Waals surface area contributed by atoms with Crippen molar-refractivity contribution in [3.63, 3.8) is 0 Å². The largest absolute Gasteiger partial charge is 0.497 e. The number of hydrogen-bond donors (Lipinski definition) is 0. The summed E-state index contributed by atoms with van der Waals surface area (Å²) in [6, 6.07) is 17.9. The Balaban J connectivity index is 1.34. The van der Waals surface area contributed by atoms with E-state index in [2.05, 4.69) is 27.4 Å². The standard InChI is InChI=1S/C29H31N3O3/c1-3-19-17-31-14-12-20(19)15-26(31)28(23-11-13-30-25-10-9-22(34-2)16-24(23)25)35-29(33)27-18-32(27)21-7-5-4-6-8-21/h3-11,13,16,19-20,26-28H,1,12,14-15,17-18H2,2H3/t19?,20-,26-,27+,28+,32?/m0/s1. The molecule has 6 heteroatoms. The number of ether oxygens (including phenoxy) is 2. The van der Waals surface area contributed by atoms with Crippen molar-refractivity contribution in [2.24, 2.45) is 11.8 Å². The molecule has 180 valence electrons. The normalized spacial score (nSPS) is 27.9. The molecular formula is C29H31N3O3. The van der Waals surface area contributed by atoms with Gasteiger partial charge in [0.05, 0.1) is 25.2 Å². The smallest absolute Gasteiger partial charge is 0.331 e. The van der Waals surface area contributed by atoms with E-state index in [1.54, 1.807) is 7.11 Å². The minimum Gasteiger partial charge on any atom is -0.497 e. The highest BCUT2D eigenvalue weighted by Gasteiger charge is 2.47. The molecule has 4 fully saturated rings. The molecule has 3 aromatic rings. The van der Waals surface area contributed by atoms with Gasteiger partial charge >= 0.3 is 5.97 Å². The number of carbonyl (C=O) groups excluding carboxylic acids is 1. The second kappa shape index (κ2) is 9.00. The maximum Gasteiger partial charge on any atom is 0.331 e. The van der Waals surface area contributed by atoms with Crippen LogP contribution in [0.1, 0.15) is 24.5 Å². The van der Waals surface area contributed by atoms with Crippen molar-refractivity contribution in [1.82, 2.24) is 9.88 Å². The first kappa shape index (κ1) is 22.1. The van der Waals surface area contributed by atoms with Gasteiger partial charge in [0, 0.05) is 29.4 Å². The Morgan fingerprint density at radius 2 is 2.03 bits per heavy atom. The minimum atomic E-state index is -0.369. The first-order valence-electron chi connectivity index (χ1n) is 12.5. The molecule has 35 heavy (non-hydrogen) atoms. The number of fused-ring (bicyclic) bond motifs is 4. The SMILES string of the molecule is C=CC1CN2CC[C@H]1C[C@H]2[C@H](OC(=O)[C@H]1CN1c1ccccc1)c1ccnc2ccc(OC)cc12. The van der Waals surface area contributed by atoms with E-state index >= 15 is 0 Å². The van der Waals surface area contributed by atoms with Crippen molar-refractivity contribution in [1.29, 1.82) is 0 Å². The number of pyridine rings is 1. The topological polar surface area (TPSA) is 54.7 Å². The fourth-order valence-electron chi connectivity index (χ4n) is 6.01. The molecule has 4 aliphatic rings. The van der Waals surface area contributed by atoms with E-state index < -0.39 is 0 Å². The van der Waals surface area contributed by atoms with E-state index in [0.29, 0.717) is 18.4 Å². The molecule has 5 heterocycles. The van der Waals surface area contributed by atoms with E-state index in [9.17, 15) is 4.79 Å². The van der Waals surface area contributed by atoms with Crippen LogP contribution in [0.15, 0.2) is 73.4 Å². The van der Waals surface area contributed by atoms with Crippen LogP contribution in [0.2, 0.25) is 0 Å². The number of rotatable bonds is 7. The lowest BCUT2D eigenvalue weighted by molar-refractivity contribution is -0.156. The van der Waals surface area contributed by atoms with Crippen LogP contribution in [0.25, 0.3) is 10.9 Å². The Hall–Kier alpha value is -3.38. The zero-order valence-electron chi connectivity index (χ0n) is 20.0. The molecular weight excluding hydrogens is 438 g/mol. The van der Waals surface area contributed by atoms with Crippen LogP contribution >= 0.6 is 0 Å². The number of piperidine rings is 3. The van der Waals surface area contributed by atoms with Gasteiger partial charge in [0.25, 0.3) is 0 Å². The van der Waals surface area contributed by atoms with Crippen LogP contribution in [0.5, 0.6) is 5.75 Å². The van der Waals surface area contributed by atoms with Crippen molar-refractivity contribution in [3.05, 3.63) is 79.0 Å². The maximum atomic E-state index is 13.5. The van der Waals surface area contributed by atoms with E-state index in [1.165, 1.54) is 6.42 Å². The van der Waals surface area contributed by atoms with Gasteiger partial charge in [0.15, 0.2) is 0 Å². The van der Waals surface area contributed by atoms with Crippen LogP contribution in [0.3, 0.4) is 0 Å². The Morgan fingerprint density at radius 3 is 2.77 bits per heavy atom. The Kier molecular flexibility index (Phi) is 5.69. The predicted molar refractivity (Wildman–Crippen MR) is 136 cm³/mol. The Morgan fingerprint density at radius 1 is 1.17 bits per heavy atom. The molecule has 0 saturated carbocycles. The molecule has 2 bridgehead atoms. The first-order chi connectivity index (χ1) is 17.2. The quantitative estimate of drug-likeness (QED) is 0.286. The van der Waals surface area contributed by atoms with Crippen molar-refractivity contribution in [2.75, 3.05) is 31.6 Å². The molecule has 4 saturated heterocycles. The fourth-order valence-corrected chi connectivity index (χ4v) is 6.01. The molecule has 6 atom stereocenters. The number of para-hydroxylation sites is 1. The number of benzene rings is 2. The van der Waals surface area contributed by atoms with Crippen LogP contribution < -0.4 is 9.64 Å². The molecule has 2 aromatic carbocycles. The van der Waals surface area contributed by atoms with Gasteiger partial charge in [0.2, 0.25) is 0 Å². The summed E-state index contributed by atoms with van der Waals surface area (Å²) in [6.45, 7) is 6.76. The highest BCUT2D eigenvalue weighted by molar-refractivity contribution is 5.88. The second-order valence-corrected chi connectivity index (χ2v) is 9.89. The number of nitrogens with zero attached hydrogens (tertiary/aromatic N) is 3. The Labute approximate surface area is 206 Å². The summed E-state index contributed by atoms with van der Waals surface area (Å²) in [5.41, 5.74) is 2.93. The number of carbonyl (C=O) groups is 1. The van der Waals surface area contributed by atoms with Gasteiger partial charge in [-0.2, -0.15) is 0 Å². The van der Waals surface area contributed by atoms with Crippen molar-refractivity contribution in [3.8, 4) is 5.75 Å². The fraction of sp³-hybridized carbons (Fsp3) is 0.379. The third-order valence-electron chi connectivity index (χ3n) is 8.01. The number of aromatic nitrogens is 1.